The van der Waals surface area contributed by atoms with Crippen LogP contribution in [0.4, 0.5) is 5.82 Å². The van der Waals surface area contributed by atoms with Gasteiger partial charge in [-0.3, -0.25) is 4.57 Å². The number of fused-ring (bicyclic) bond motifs is 1. The number of aromatic nitrogens is 4. The number of nitrogens with zero attached hydrogens (tertiary/aromatic N) is 4. The fourth-order valence-corrected chi connectivity index (χ4v) is 2.69. The Morgan fingerprint density at radius 3 is 2.89 bits per heavy atom. The first-order valence-electron chi connectivity index (χ1n) is 5.65. The summed E-state index contributed by atoms with van der Waals surface area (Å²) >= 11 is 3.31. The molecular formula is C10H12BrN5O3. The topological polar surface area (TPSA) is 119 Å². The van der Waals surface area contributed by atoms with Gasteiger partial charge in [0.2, 0.25) is 0 Å². The van der Waals surface area contributed by atoms with Gasteiger partial charge in [-0.25, -0.2) is 15.0 Å². The van der Waals surface area contributed by atoms with Crippen molar-refractivity contribution in [3.63, 3.8) is 0 Å². The Morgan fingerprint density at radius 1 is 1.42 bits per heavy atom. The molecule has 4 N–H and O–H groups in total. The van der Waals surface area contributed by atoms with Crippen LogP contribution in [-0.4, -0.2) is 53.4 Å². The first-order valence-corrected chi connectivity index (χ1v) is 6.56. The smallest absolute Gasteiger partial charge is 0.167 e. The molecule has 1 aliphatic heterocycles. The molecule has 0 saturated carbocycles. The largest absolute Gasteiger partial charge is 0.394 e. The van der Waals surface area contributed by atoms with Crippen molar-refractivity contribution >= 4 is 32.9 Å². The van der Waals surface area contributed by atoms with Crippen molar-refractivity contribution in [3.05, 3.63) is 12.7 Å². The van der Waals surface area contributed by atoms with Gasteiger partial charge in [0.25, 0.3) is 0 Å². The van der Waals surface area contributed by atoms with Gasteiger partial charge in [0, 0.05) is 0 Å². The third kappa shape index (κ3) is 1.89. The average Bonchev–Trinajstić information content (AvgIpc) is 2.94. The van der Waals surface area contributed by atoms with Crippen molar-refractivity contribution in [3.8, 4) is 0 Å². The highest BCUT2D eigenvalue weighted by Crippen LogP contribution is 2.35. The maximum Gasteiger partial charge on any atom is 0.167 e. The third-order valence-electron chi connectivity index (χ3n) is 3.13. The molecule has 8 nitrogen and oxygen atoms in total. The lowest BCUT2D eigenvalue weighted by Gasteiger charge is -2.16. The van der Waals surface area contributed by atoms with Crippen molar-refractivity contribution in [2.24, 2.45) is 0 Å². The molecule has 0 unspecified atom stereocenters. The maximum atomic E-state index is 10.2. The summed E-state index contributed by atoms with van der Waals surface area (Å²) in [5.74, 6) is 0.269. The lowest BCUT2D eigenvalue weighted by Crippen LogP contribution is -2.28. The van der Waals surface area contributed by atoms with Crippen molar-refractivity contribution in [2.45, 2.75) is 23.3 Å². The predicted molar refractivity (Wildman–Crippen MR) is 69.5 cm³/mol. The number of nitrogens with two attached hydrogens (primary N) is 1. The van der Waals surface area contributed by atoms with E-state index in [0.717, 1.165) is 0 Å². The summed E-state index contributed by atoms with van der Waals surface area (Å²) in [6.07, 6.45) is 0.818. The van der Waals surface area contributed by atoms with Crippen molar-refractivity contribution < 1.29 is 14.9 Å². The highest BCUT2D eigenvalue weighted by Gasteiger charge is 2.43. The van der Waals surface area contributed by atoms with E-state index in [2.05, 4.69) is 30.9 Å². The van der Waals surface area contributed by atoms with Crippen LogP contribution in [0, 0.1) is 0 Å². The average molecular weight is 330 g/mol. The van der Waals surface area contributed by atoms with E-state index in [4.69, 9.17) is 10.5 Å². The fraction of sp³-hybridized carbons (Fsp3) is 0.500. The Morgan fingerprint density at radius 2 is 2.21 bits per heavy atom. The Balaban J connectivity index is 2.04. The van der Waals surface area contributed by atoms with Crippen LogP contribution in [0.15, 0.2) is 12.7 Å². The van der Waals surface area contributed by atoms with Crippen molar-refractivity contribution in [1.29, 1.82) is 0 Å². The quantitative estimate of drug-likeness (QED) is 0.630. The van der Waals surface area contributed by atoms with E-state index in [1.807, 2.05) is 0 Å². The molecule has 1 saturated heterocycles. The second-order valence-electron chi connectivity index (χ2n) is 4.27. The first-order chi connectivity index (χ1) is 9.13. The minimum Gasteiger partial charge on any atom is -0.394 e. The van der Waals surface area contributed by atoms with E-state index in [-0.39, 0.29) is 17.3 Å². The van der Waals surface area contributed by atoms with Gasteiger partial charge in [-0.15, -0.1) is 0 Å². The lowest BCUT2D eigenvalue weighted by atomic mass is 10.2. The van der Waals surface area contributed by atoms with Crippen LogP contribution in [0.5, 0.6) is 0 Å². The third-order valence-corrected chi connectivity index (χ3v) is 4.26. The summed E-state index contributed by atoms with van der Waals surface area (Å²) in [7, 11) is 0. The number of ether oxygens (including phenoxy) is 1. The lowest BCUT2D eigenvalue weighted by molar-refractivity contribution is -0.0486. The van der Waals surface area contributed by atoms with Crippen molar-refractivity contribution in [2.75, 3.05) is 12.3 Å². The number of imidazole rings is 1. The number of hydrogen-bond acceptors (Lipinski definition) is 7. The Labute approximate surface area is 116 Å². The Bertz CT molecular complexity index is 606. The molecular weight excluding hydrogens is 318 g/mol. The van der Waals surface area contributed by atoms with E-state index in [0.29, 0.717) is 11.2 Å². The van der Waals surface area contributed by atoms with Crippen LogP contribution in [-0.2, 0) is 4.74 Å². The molecule has 4 atom stereocenters. The number of nitrogen functional groups attached to an aromatic ring is 1. The molecule has 3 rings (SSSR count). The molecule has 0 aliphatic carbocycles. The summed E-state index contributed by atoms with van der Waals surface area (Å²) in [5, 5.41) is 19.3. The molecule has 0 amide bonds. The van der Waals surface area contributed by atoms with Gasteiger partial charge in [-0.2, -0.15) is 0 Å². The minimum absolute atomic E-state index is 0.187. The van der Waals surface area contributed by atoms with Crippen molar-refractivity contribution in [1.82, 2.24) is 19.5 Å². The molecule has 102 valence electrons. The van der Waals surface area contributed by atoms with Crippen LogP contribution in [0.25, 0.3) is 11.2 Å². The van der Waals surface area contributed by atoms with Gasteiger partial charge in [0.1, 0.15) is 17.9 Å². The van der Waals surface area contributed by atoms with Gasteiger partial charge in [0.05, 0.1) is 23.9 Å². The molecule has 19 heavy (non-hydrogen) atoms. The molecule has 0 bridgehead atoms. The highest BCUT2D eigenvalue weighted by atomic mass is 79.9. The summed E-state index contributed by atoms with van der Waals surface area (Å²) in [5.41, 5.74) is 6.64. The molecule has 2 aromatic heterocycles. The second kappa shape index (κ2) is 4.67. The summed E-state index contributed by atoms with van der Waals surface area (Å²) in [4.78, 5) is 11.7. The van der Waals surface area contributed by atoms with E-state index in [1.54, 1.807) is 4.57 Å². The highest BCUT2D eigenvalue weighted by molar-refractivity contribution is 9.09. The Hall–Kier alpha value is -1.29. The van der Waals surface area contributed by atoms with E-state index >= 15 is 0 Å². The maximum absolute atomic E-state index is 10.2. The summed E-state index contributed by atoms with van der Waals surface area (Å²) in [6, 6.07) is 0. The Kier molecular flexibility index (Phi) is 3.13. The zero-order chi connectivity index (χ0) is 13.6. The molecule has 0 radical (unpaired) electrons. The molecule has 9 heteroatoms. The van der Waals surface area contributed by atoms with Gasteiger partial charge in [-0.1, -0.05) is 15.9 Å². The van der Waals surface area contributed by atoms with Crippen LogP contribution in [0.3, 0.4) is 0 Å². The molecule has 3 heterocycles. The zero-order valence-electron chi connectivity index (χ0n) is 9.72. The van der Waals surface area contributed by atoms with E-state index in [1.165, 1.54) is 12.7 Å². The number of aliphatic hydroxyl groups is 2. The normalized spacial score (nSPS) is 31.1. The van der Waals surface area contributed by atoms with Crippen LogP contribution in [0.1, 0.15) is 6.23 Å². The monoisotopic (exact) mass is 329 g/mol. The van der Waals surface area contributed by atoms with Crippen LogP contribution >= 0.6 is 15.9 Å². The first kappa shape index (κ1) is 12.7. The van der Waals surface area contributed by atoms with Gasteiger partial charge < -0.3 is 20.7 Å². The second-order valence-corrected chi connectivity index (χ2v) is 5.32. The van der Waals surface area contributed by atoms with E-state index in [9.17, 15) is 10.2 Å². The summed E-state index contributed by atoms with van der Waals surface area (Å²) in [6.45, 7) is -0.187. The standard InChI is InChI=1S/C10H12BrN5O3/c11-5-4(1-17)19-10(7(5)18)16-3-15-6-8(12)13-2-14-9(6)16/h2-5,7,10,17-18H,1H2,(H2,12,13,14)/t4-,5+,7-,10-/m1/s1. The predicted octanol–water partition coefficient (Wildman–Crippen LogP) is -0.577. The summed E-state index contributed by atoms with van der Waals surface area (Å²) < 4.78 is 7.19. The van der Waals surface area contributed by atoms with Crippen LogP contribution in [0.2, 0.25) is 0 Å². The molecule has 0 aromatic carbocycles. The van der Waals surface area contributed by atoms with Gasteiger partial charge in [0.15, 0.2) is 17.7 Å². The molecule has 1 fully saturated rings. The molecule has 1 aliphatic rings. The minimum atomic E-state index is -0.828. The van der Waals surface area contributed by atoms with E-state index < -0.39 is 18.4 Å². The SMILES string of the molecule is Nc1ncnc2c1ncn2[C@@H]1O[C@H](CO)[C@H](Br)[C@H]1O. The number of halogens is 1. The number of aliphatic hydroxyl groups excluding tert-OH is 2. The zero-order valence-corrected chi connectivity index (χ0v) is 11.3. The number of anilines is 1. The number of alkyl halides is 1. The number of rotatable bonds is 2. The number of hydrogen-bond donors (Lipinski definition) is 3. The molecule has 0 spiro atoms. The molecule has 2 aromatic rings. The van der Waals surface area contributed by atoms with Gasteiger partial charge >= 0.3 is 0 Å². The fourth-order valence-electron chi connectivity index (χ4n) is 2.14. The van der Waals surface area contributed by atoms with Crippen LogP contribution < -0.4 is 5.73 Å². The van der Waals surface area contributed by atoms with Gasteiger partial charge in [-0.05, 0) is 0 Å².